The van der Waals surface area contributed by atoms with Crippen LogP contribution in [0.25, 0.3) is 0 Å². The summed E-state index contributed by atoms with van der Waals surface area (Å²) in [4.78, 5) is 0. The smallest absolute Gasteiger partial charge is 0.138 e. The van der Waals surface area contributed by atoms with Gasteiger partial charge < -0.3 is 30.6 Å². The van der Waals surface area contributed by atoms with Gasteiger partial charge in [0.25, 0.3) is 0 Å². The minimum atomic E-state index is -2.25. The summed E-state index contributed by atoms with van der Waals surface area (Å²) < 4.78 is 0. The zero-order valence-corrected chi connectivity index (χ0v) is 17.7. The van der Waals surface area contributed by atoms with Crippen molar-refractivity contribution in [1.82, 2.24) is 0 Å². The van der Waals surface area contributed by atoms with Crippen molar-refractivity contribution in [1.29, 1.82) is 0 Å². The van der Waals surface area contributed by atoms with Gasteiger partial charge in [0.15, 0.2) is 0 Å². The summed E-state index contributed by atoms with van der Waals surface area (Å²) >= 11 is 0. The Kier molecular flexibility index (Phi) is 4.71. The molecule has 6 nitrogen and oxygen atoms in total. The third-order valence-corrected chi connectivity index (χ3v) is 7.50. The number of aliphatic hydroxyl groups is 6. The molecular formula is C24H30O6. The van der Waals surface area contributed by atoms with Gasteiger partial charge in [0.2, 0.25) is 0 Å². The molecule has 2 saturated carbocycles. The molecule has 0 amide bonds. The highest BCUT2D eigenvalue weighted by Gasteiger charge is 2.93. The van der Waals surface area contributed by atoms with Crippen LogP contribution in [0.5, 0.6) is 0 Å². The molecule has 0 heterocycles. The van der Waals surface area contributed by atoms with Gasteiger partial charge in [0.05, 0.1) is 18.6 Å². The van der Waals surface area contributed by atoms with Crippen molar-refractivity contribution in [2.75, 3.05) is 6.61 Å². The van der Waals surface area contributed by atoms with Crippen LogP contribution in [0.4, 0.5) is 0 Å². The van der Waals surface area contributed by atoms with Crippen LogP contribution in [-0.4, -0.2) is 66.3 Å². The average molecular weight is 414 g/mol. The molecule has 2 aliphatic rings. The lowest BCUT2D eigenvalue weighted by Gasteiger charge is -2.80. The van der Waals surface area contributed by atoms with Crippen LogP contribution in [0.1, 0.15) is 45.2 Å². The Morgan fingerprint density at radius 2 is 1.37 bits per heavy atom. The molecule has 30 heavy (non-hydrogen) atoms. The van der Waals surface area contributed by atoms with Crippen LogP contribution < -0.4 is 0 Å². The van der Waals surface area contributed by atoms with E-state index in [-0.39, 0.29) is 0 Å². The van der Waals surface area contributed by atoms with E-state index >= 15 is 0 Å². The largest absolute Gasteiger partial charge is 0.394 e. The van der Waals surface area contributed by atoms with E-state index in [1.54, 1.807) is 12.1 Å². The van der Waals surface area contributed by atoms with E-state index in [0.29, 0.717) is 11.1 Å². The standard InChI is InChI=1S/C24H30O6/c1-12-5-7-16(14(3)9-12)19-21(27)23(29)20(17-8-6-13(2)10-15(17)4)22(28,18(26)11-25)24(19,23)30/h5-10,18-21,25-30H,11H2,1-4H3/t18-,19?,20?,21?,22+,23+,24+/m1/s1. The van der Waals surface area contributed by atoms with Crippen molar-refractivity contribution in [3.05, 3.63) is 69.8 Å². The first-order valence-corrected chi connectivity index (χ1v) is 10.2. The highest BCUT2D eigenvalue weighted by atomic mass is 16.5. The summed E-state index contributed by atoms with van der Waals surface area (Å²) in [7, 11) is 0. The van der Waals surface area contributed by atoms with Crippen molar-refractivity contribution in [3.8, 4) is 0 Å². The van der Waals surface area contributed by atoms with Crippen LogP contribution in [0.15, 0.2) is 36.4 Å². The number of hydrogen-bond acceptors (Lipinski definition) is 6. The molecule has 2 fully saturated rings. The second-order valence-electron chi connectivity index (χ2n) is 9.19. The normalized spacial score (nSPS) is 38.4. The number of aryl methyl sites for hydroxylation is 4. The van der Waals surface area contributed by atoms with Crippen molar-refractivity contribution in [3.63, 3.8) is 0 Å². The molecule has 6 heteroatoms. The first-order valence-electron chi connectivity index (χ1n) is 10.2. The van der Waals surface area contributed by atoms with Gasteiger partial charge in [0.1, 0.15) is 22.9 Å². The fraction of sp³-hybridized carbons (Fsp3) is 0.500. The van der Waals surface area contributed by atoms with Crippen LogP contribution in [0.3, 0.4) is 0 Å². The Morgan fingerprint density at radius 3 is 1.83 bits per heavy atom. The van der Waals surface area contributed by atoms with Crippen LogP contribution >= 0.6 is 0 Å². The Bertz CT molecular complexity index is 1000. The molecule has 4 rings (SSSR count). The van der Waals surface area contributed by atoms with Gasteiger partial charge in [-0.05, 0) is 49.9 Å². The molecule has 3 unspecified atom stereocenters. The molecule has 162 valence electrons. The fourth-order valence-corrected chi connectivity index (χ4v) is 6.08. The maximum Gasteiger partial charge on any atom is 0.138 e. The van der Waals surface area contributed by atoms with Gasteiger partial charge in [-0.25, -0.2) is 0 Å². The lowest BCUT2D eigenvalue weighted by molar-refractivity contribution is -0.459. The first-order chi connectivity index (χ1) is 14.0. The summed E-state index contributed by atoms with van der Waals surface area (Å²) in [6.07, 6.45) is -3.07. The first kappa shape index (κ1) is 21.4. The zero-order valence-electron chi connectivity index (χ0n) is 17.7. The third kappa shape index (κ3) is 2.24. The summed E-state index contributed by atoms with van der Waals surface area (Å²) in [5.74, 6) is -2.19. The third-order valence-electron chi connectivity index (χ3n) is 7.50. The molecule has 0 bridgehead atoms. The highest BCUT2D eigenvalue weighted by molar-refractivity contribution is 5.58. The van der Waals surface area contributed by atoms with Gasteiger partial charge in [-0.3, -0.25) is 0 Å². The predicted octanol–water partition coefficient (Wildman–Crippen LogP) is 0.722. The second kappa shape index (κ2) is 6.60. The number of hydrogen-bond donors (Lipinski definition) is 6. The van der Waals surface area contributed by atoms with E-state index < -0.39 is 47.5 Å². The SMILES string of the molecule is Cc1ccc(C2C(O)[C@@]3(O)C(c4ccc(C)cc4C)[C@@](O)([C@H](O)CO)[C@@]23O)c(C)c1. The molecule has 0 aromatic heterocycles. The van der Waals surface area contributed by atoms with E-state index in [0.717, 1.165) is 22.3 Å². The van der Waals surface area contributed by atoms with Gasteiger partial charge in [-0.15, -0.1) is 0 Å². The van der Waals surface area contributed by atoms with E-state index in [1.807, 2.05) is 52.0 Å². The Hall–Kier alpha value is -1.80. The number of benzene rings is 2. The van der Waals surface area contributed by atoms with E-state index in [9.17, 15) is 30.6 Å². The summed E-state index contributed by atoms with van der Waals surface area (Å²) in [5, 5.41) is 66.2. The van der Waals surface area contributed by atoms with Gasteiger partial charge >= 0.3 is 0 Å². The molecule has 0 radical (unpaired) electrons. The van der Waals surface area contributed by atoms with Crippen LogP contribution in [0.2, 0.25) is 0 Å². The number of aliphatic hydroxyl groups excluding tert-OH is 3. The number of fused-ring (bicyclic) bond motifs is 1. The minimum absolute atomic E-state index is 0.515. The zero-order chi connectivity index (χ0) is 22.2. The summed E-state index contributed by atoms with van der Waals surface area (Å²) in [6, 6.07) is 10.9. The molecule has 7 atom stereocenters. The molecule has 6 N–H and O–H groups in total. The monoisotopic (exact) mass is 414 g/mol. The van der Waals surface area contributed by atoms with E-state index in [2.05, 4.69) is 0 Å². The molecule has 0 saturated heterocycles. The molecule has 0 spiro atoms. The lowest BCUT2D eigenvalue weighted by atomic mass is 9.30. The maximum atomic E-state index is 11.7. The molecule has 2 aromatic carbocycles. The molecule has 2 aromatic rings. The fourth-order valence-electron chi connectivity index (χ4n) is 6.08. The predicted molar refractivity (Wildman–Crippen MR) is 111 cm³/mol. The van der Waals surface area contributed by atoms with Crippen molar-refractivity contribution in [2.45, 2.75) is 68.5 Å². The molecule has 0 aliphatic heterocycles. The Labute approximate surface area is 176 Å². The molecular weight excluding hydrogens is 384 g/mol. The lowest BCUT2D eigenvalue weighted by Crippen LogP contribution is -2.99. The van der Waals surface area contributed by atoms with Crippen molar-refractivity contribution >= 4 is 0 Å². The number of rotatable bonds is 4. The molecule has 2 aliphatic carbocycles. The van der Waals surface area contributed by atoms with Crippen molar-refractivity contribution < 1.29 is 30.6 Å². The Morgan fingerprint density at radius 1 is 0.867 bits per heavy atom. The van der Waals surface area contributed by atoms with Gasteiger partial charge in [-0.1, -0.05) is 47.5 Å². The maximum absolute atomic E-state index is 11.7. The summed E-state index contributed by atoms with van der Waals surface area (Å²) in [5.41, 5.74) is -1.93. The van der Waals surface area contributed by atoms with Crippen LogP contribution in [0, 0.1) is 27.7 Å². The van der Waals surface area contributed by atoms with E-state index in [4.69, 9.17) is 0 Å². The van der Waals surface area contributed by atoms with Gasteiger partial charge in [-0.2, -0.15) is 0 Å². The topological polar surface area (TPSA) is 121 Å². The highest BCUT2D eigenvalue weighted by Crippen LogP contribution is 2.75. The van der Waals surface area contributed by atoms with Crippen LogP contribution in [-0.2, 0) is 0 Å². The van der Waals surface area contributed by atoms with Crippen molar-refractivity contribution in [2.24, 2.45) is 0 Å². The van der Waals surface area contributed by atoms with Gasteiger partial charge in [0, 0.05) is 5.92 Å². The average Bonchev–Trinajstić information content (AvgIpc) is 2.69. The van der Waals surface area contributed by atoms with E-state index in [1.165, 1.54) is 0 Å². The second-order valence-corrected chi connectivity index (χ2v) is 9.19. The summed E-state index contributed by atoms with van der Waals surface area (Å²) in [6.45, 7) is 6.67. The Balaban J connectivity index is 1.89. The quantitative estimate of drug-likeness (QED) is 0.439. The minimum Gasteiger partial charge on any atom is -0.394 e.